The van der Waals surface area contributed by atoms with Gasteiger partial charge in [0.15, 0.2) is 6.54 Å². The van der Waals surface area contributed by atoms with Gasteiger partial charge in [-0.25, -0.2) is 16.8 Å². The van der Waals surface area contributed by atoms with Crippen molar-refractivity contribution in [2.45, 2.75) is 51.5 Å². The van der Waals surface area contributed by atoms with Crippen molar-refractivity contribution >= 4 is 54.9 Å². The van der Waals surface area contributed by atoms with E-state index in [-0.39, 0.29) is 64.4 Å². The molecule has 2 aromatic carbocycles. The number of hydrogen-bond acceptors (Lipinski definition) is 9. The van der Waals surface area contributed by atoms with Gasteiger partial charge in [-0.15, -0.1) is 0 Å². The number of oxazole rings is 1. The fraction of sp³-hybridized carbons (Fsp3) is 0.370. The van der Waals surface area contributed by atoms with E-state index in [1.54, 1.807) is 22.4 Å². The minimum absolute atomic E-state index is 0. The van der Waals surface area contributed by atoms with Crippen molar-refractivity contribution in [2.24, 2.45) is 0 Å². The number of para-hydroxylation sites is 2. The van der Waals surface area contributed by atoms with E-state index in [4.69, 9.17) is 4.42 Å². The number of fused-ring (bicyclic) bond motifs is 2. The molecule has 0 saturated heterocycles. The van der Waals surface area contributed by atoms with Gasteiger partial charge in [-0.1, -0.05) is 30.8 Å². The minimum atomic E-state index is -4.42. The van der Waals surface area contributed by atoms with Gasteiger partial charge >= 0.3 is 57.3 Å². The third-order valence-corrected chi connectivity index (χ3v) is 9.17. The predicted molar refractivity (Wildman–Crippen MR) is 150 cm³/mol. The molecule has 0 amide bonds. The molecule has 2 heterocycles. The van der Waals surface area contributed by atoms with Crippen LogP contribution in [0.3, 0.4) is 0 Å². The molecular formula is C27H31KN2O7S3. The maximum Gasteiger partial charge on any atom is 1.00 e. The molecule has 0 atom stereocenters. The minimum Gasteiger partial charge on any atom is -0.748 e. The molecule has 1 aliphatic heterocycles. The quantitative estimate of drug-likeness (QED) is 0.134. The Balaban J connectivity index is 0.00000441. The van der Waals surface area contributed by atoms with Crippen LogP contribution in [-0.2, 0) is 26.8 Å². The number of thioether (sulfide) groups is 1. The molecule has 0 spiro atoms. The van der Waals surface area contributed by atoms with Crippen LogP contribution in [-0.4, -0.2) is 44.0 Å². The number of rotatable bonds is 11. The second-order valence-corrected chi connectivity index (χ2v) is 13.6. The normalized spacial score (nSPS) is 15.1. The van der Waals surface area contributed by atoms with Crippen LogP contribution in [0.15, 0.2) is 62.4 Å². The molecule has 1 aromatic heterocycles. The van der Waals surface area contributed by atoms with E-state index in [9.17, 15) is 25.9 Å². The summed E-state index contributed by atoms with van der Waals surface area (Å²) in [6.45, 7) is 6.62. The summed E-state index contributed by atoms with van der Waals surface area (Å²) >= 11 is 1.62. The summed E-state index contributed by atoms with van der Waals surface area (Å²) in [5.41, 5.74) is 5.55. The molecule has 0 bridgehead atoms. The monoisotopic (exact) mass is 630 g/mol. The first-order valence-corrected chi connectivity index (χ1v) is 16.6. The van der Waals surface area contributed by atoms with Crippen molar-refractivity contribution in [3.8, 4) is 0 Å². The van der Waals surface area contributed by atoms with Crippen LogP contribution in [0.1, 0.15) is 43.2 Å². The van der Waals surface area contributed by atoms with Crippen molar-refractivity contribution in [3.63, 3.8) is 0 Å². The Morgan fingerprint density at radius 3 is 2.38 bits per heavy atom. The van der Waals surface area contributed by atoms with Crippen LogP contribution in [0, 0.1) is 13.8 Å². The molecular weight excluding hydrogens is 600 g/mol. The fourth-order valence-corrected chi connectivity index (χ4v) is 6.61. The van der Waals surface area contributed by atoms with Gasteiger partial charge in [-0.3, -0.25) is 0 Å². The number of hydrogen-bond donors (Lipinski definition) is 0. The summed E-state index contributed by atoms with van der Waals surface area (Å²) in [5.74, 6) is -0.507. The molecule has 1 aliphatic rings. The van der Waals surface area contributed by atoms with Gasteiger partial charge in [-0.05, 0) is 74.1 Å². The summed E-state index contributed by atoms with van der Waals surface area (Å²) in [4.78, 5) is 3.24. The molecule has 4 rings (SSSR count). The van der Waals surface area contributed by atoms with Crippen molar-refractivity contribution < 1.29 is 86.3 Å². The second kappa shape index (κ2) is 14.0. The Morgan fingerprint density at radius 2 is 1.70 bits per heavy atom. The second-order valence-electron chi connectivity index (χ2n) is 9.50. The summed E-state index contributed by atoms with van der Waals surface area (Å²) in [7, 11) is -8.68. The number of unbranched alkanes of at least 4 members (excludes halogenated alkanes) is 1. The SMILES string of the molecule is CCC(=Cc1oc2ccccc2[n+]1CCS(=O)(=O)[O-])C=C1Sc2cc(C)c(C)cc2N1CCCCS(=O)(=O)[O-].[K+]. The number of anilines is 1. The predicted octanol–water partition coefficient (Wildman–Crippen LogP) is 1.46. The Kier molecular flexibility index (Phi) is 11.7. The van der Waals surface area contributed by atoms with Crippen molar-refractivity contribution in [2.75, 3.05) is 23.0 Å². The summed E-state index contributed by atoms with van der Waals surface area (Å²) < 4.78 is 75.0. The van der Waals surface area contributed by atoms with Crippen LogP contribution in [0.4, 0.5) is 5.69 Å². The zero-order valence-corrected chi connectivity index (χ0v) is 28.6. The van der Waals surface area contributed by atoms with Gasteiger partial charge in [0, 0.05) is 23.3 Å². The Morgan fingerprint density at radius 1 is 1.02 bits per heavy atom. The standard InChI is InChI=1S/C27H32N2O7S3.K/c1-4-21(17-26-28(12-14-39(33,34)35)22-9-5-6-10-24(22)36-26)18-27-29(11-7-8-13-38(30,31)32)23-15-19(2)20(3)16-25(23)37-27;/h5-6,9-10,15-18H,4,7-8,11-14H2,1-3H3,(H-,30,31,32,33,34,35);/q;+1/p-1. The van der Waals surface area contributed by atoms with Gasteiger partial charge in [0.1, 0.15) is 10.1 Å². The maximum absolute atomic E-state index is 11.4. The topological polar surface area (TPSA) is 135 Å². The Hall–Kier alpha value is -1.00. The molecule has 0 N–H and O–H groups in total. The average Bonchev–Trinajstić information content (AvgIpc) is 3.36. The number of aromatic nitrogens is 1. The van der Waals surface area contributed by atoms with Crippen LogP contribution in [0.2, 0.25) is 0 Å². The molecule has 40 heavy (non-hydrogen) atoms. The smallest absolute Gasteiger partial charge is 0.748 e. The van der Waals surface area contributed by atoms with Crippen molar-refractivity contribution in [3.05, 3.63) is 70.1 Å². The number of nitrogens with zero attached hydrogens (tertiary/aromatic N) is 2. The molecule has 0 aliphatic carbocycles. The first-order chi connectivity index (χ1) is 18.3. The number of allylic oxidation sites excluding steroid dienone is 2. The molecule has 9 nitrogen and oxygen atoms in total. The van der Waals surface area contributed by atoms with Gasteiger partial charge in [0.2, 0.25) is 5.58 Å². The van der Waals surface area contributed by atoms with E-state index in [0.717, 1.165) is 26.7 Å². The van der Waals surface area contributed by atoms with E-state index in [0.29, 0.717) is 36.4 Å². The summed E-state index contributed by atoms with van der Waals surface area (Å²) in [5, 5.41) is 0.956. The maximum atomic E-state index is 11.4. The largest absolute Gasteiger partial charge is 1.00 e. The molecule has 0 fully saturated rings. The molecule has 3 aromatic rings. The van der Waals surface area contributed by atoms with Gasteiger partial charge in [-0.2, -0.15) is 4.57 Å². The van der Waals surface area contributed by atoms with Crippen molar-refractivity contribution in [1.29, 1.82) is 0 Å². The number of benzene rings is 2. The Bertz CT molecular complexity index is 1660. The fourth-order valence-electron chi connectivity index (χ4n) is 4.40. The number of aryl methyl sites for hydroxylation is 3. The molecule has 0 radical (unpaired) electrons. The van der Waals surface area contributed by atoms with Crippen LogP contribution in [0.25, 0.3) is 17.2 Å². The molecule has 0 saturated carbocycles. The van der Waals surface area contributed by atoms with Crippen LogP contribution >= 0.6 is 11.8 Å². The van der Waals surface area contributed by atoms with E-state index >= 15 is 0 Å². The van der Waals surface area contributed by atoms with E-state index in [1.807, 2.05) is 44.2 Å². The zero-order chi connectivity index (χ0) is 28.4. The van der Waals surface area contributed by atoms with Gasteiger partial charge < -0.3 is 18.4 Å². The van der Waals surface area contributed by atoms with Gasteiger partial charge in [0.05, 0.1) is 32.7 Å². The molecule has 13 heteroatoms. The third kappa shape index (κ3) is 8.75. The van der Waals surface area contributed by atoms with E-state index < -0.39 is 31.7 Å². The molecule has 0 unspecified atom stereocenters. The zero-order valence-electron chi connectivity index (χ0n) is 23.0. The van der Waals surface area contributed by atoms with Crippen LogP contribution < -0.4 is 60.9 Å². The van der Waals surface area contributed by atoms with Gasteiger partial charge in [0.25, 0.3) is 5.52 Å². The van der Waals surface area contributed by atoms with E-state index in [1.165, 1.54) is 5.56 Å². The third-order valence-electron chi connectivity index (χ3n) is 6.60. The summed E-state index contributed by atoms with van der Waals surface area (Å²) in [6.07, 6.45) is 5.36. The first kappa shape index (κ1) is 33.5. The Labute approximate surface area is 282 Å². The van der Waals surface area contributed by atoms with E-state index in [2.05, 4.69) is 24.0 Å². The van der Waals surface area contributed by atoms with Crippen LogP contribution in [0.5, 0.6) is 0 Å². The average molecular weight is 631 g/mol. The van der Waals surface area contributed by atoms with Crippen molar-refractivity contribution in [1.82, 2.24) is 0 Å². The summed E-state index contributed by atoms with van der Waals surface area (Å²) in [6, 6.07) is 11.5. The first-order valence-electron chi connectivity index (χ1n) is 12.6. The molecule has 210 valence electrons.